The molecule has 0 N–H and O–H groups in total. The van der Waals surface area contributed by atoms with Gasteiger partial charge in [-0.3, -0.25) is 0 Å². The minimum Gasteiger partial charge on any atom is -0.0619 e. The third-order valence-electron chi connectivity index (χ3n) is 12.8. The molecule has 0 radical (unpaired) electrons. The van der Waals surface area contributed by atoms with Gasteiger partial charge in [-0.15, -0.1) is 0 Å². The molecule has 0 heterocycles. The molecule has 9 aromatic rings. The summed E-state index contributed by atoms with van der Waals surface area (Å²) in [6.07, 6.45) is 0. The molecule has 0 aliphatic heterocycles. The lowest BCUT2D eigenvalue weighted by molar-refractivity contribution is 0.642. The van der Waals surface area contributed by atoms with Crippen LogP contribution in [0.1, 0.15) is 49.9 Å². The Morgan fingerprint density at radius 3 is 1.28 bits per heavy atom. The van der Waals surface area contributed by atoms with Crippen LogP contribution in [0.4, 0.5) is 0 Å². The van der Waals surface area contributed by atoms with Gasteiger partial charge in [0, 0.05) is 10.8 Å². The quantitative estimate of drug-likeness (QED) is 0.162. The van der Waals surface area contributed by atoms with Crippen molar-refractivity contribution >= 4 is 32.3 Å². The van der Waals surface area contributed by atoms with Crippen LogP contribution in [0.25, 0.3) is 88.0 Å². The molecule has 0 amide bonds. The summed E-state index contributed by atoms with van der Waals surface area (Å²) < 4.78 is 0. The van der Waals surface area contributed by atoms with Crippen LogP contribution in [0.5, 0.6) is 0 Å². The monoisotopic (exact) mass is 688 g/mol. The van der Waals surface area contributed by atoms with Crippen molar-refractivity contribution in [1.29, 1.82) is 0 Å². The van der Waals surface area contributed by atoms with Crippen molar-refractivity contribution in [2.45, 2.75) is 38.5 Å². The molecule has 2 aliphatic carbocycles. The molecule has 0 fully saturated rings. The first-order chi connectivity index (χ1) is 26.3. The maximum absolute atomic E-state index is 2.52. The van der Waals surface area contributed by atoms with Gasteiger partial charge in [-0.25, -0.2) is 0 Å². The molecule has 256 valence electrons. The molecule has 0 nitrogen and oxygen atoms in total. The van der Waals surface area contributed by atoms with Gasteiger partial charge in [0.2, 0.25) is 0 Å². The first-order valence-corrected chi connectivity index (χ1v) is 19.3. The van der Waals surface area contributed by atoms with Crippen molar-refractivity contribution in [3.63, 3.8) is 0 Å². The number of rotatable bonds is 3. The van der Waals surface area contributed by atoms with Gasteiger partial charge in [0.05, 0.1) is 0 Å². The number of hydrogen-bond acceptors (Lipinski definition) is 0. The van der Waals surface area contributed by atoms with Crippen LogP contribution >= 0.6 is 0 Å². The zero-order valence-corrected chi connectivity index (χ0v) is 31.2. The number of fused-ring (bicyclic) bond motifs is 9. The summed E-state index contributed by atoms with van der Waals surface area (Å²) in [6, 6.07) is 63.8. The van der Waals surface area contributed by atoms with E-state index in [4.69, 9.17) is 0 Å². The van der Waals surface area contributed by atoms with E-state index in [1.165, 1.54) is 110 Å². The second-order valence-electron chi connectivity index (χ2n) is 16.4. The fraction of sp³-hybridized carbons (Fsp3) is 0.111. The molecule has 2 aliphatic rings. The van der Waals surface area contributed by atoms with E-state index in [0.29, 0.717) is 0 Å². The van der Waals surface area contributed by atoms with Crippen molar-refractivity contribution in [2.24, 2.45) is 0 Å². The Kier molecular flexibility index (Phi) is 6.46. The molecule has 0 saturated heterocycles. The summed E-state index contributed by atoms with van der Waals surface area (Å²) in [7, 11) is 0. The highest BCUT2D eigenvalue weighted by Crippen LogP contribution is 2.61. The molecule has 54 heavy (non-hydrogen) atoms. The van der Waals surface area contributed by atoms with Crippen LogP contribution in [0.2, 0.25) is 0 Å². The molecule has 11 rings (SSSR count). The largest absolute Gasteiger partial charge is 0.0619 e. The van der Waals surface area contributed by atoms with Crippen molar-refractivity contribution in [2.75, 3.05) is 0 Å². The van der Waals surface area contributed by atoms with Crippen LogP contribution in [0.15, 0.2) is 170 Å². The fourth-order valence-corrected chi connectivity index (χ4v) is 10.5. The molecule has 0 spiro atoms. The molecule has 0 saturated carbocycles. The topological polar surface area (TPSA) is 0 Å². The molecule has 0 bridgehead atoms. The summed E-state index contributed by atoms with van der Waals surface area (Å²) in [5.74, 6) is 0. The smallest absolute Gasteiger partial charge is 0.0165 e. The summed E-state index contributed by atoms with van der Waals surface area (Å²) in [6.45, 7) is 9.72. The highest BCUT2D eigenvalue weighted by Gasteiger charge is 2.45. The van der Waals surface area contributed by atoms with E-state index in [2.05, 4.69) is 198 Å². The van der Waals surface area contributed by atoms with Gasteiger partial charge in [-0.05, 0) is 122 Å². The highest BCUT2D eigenvalue weighted by molar-refractivity contribution is 6.23. The number of benzene rings is 9. The maximum Gasteiger partial charge on any atom is 0.0165 e. The standard InChI is InChI=1S/C54H40/c1-53(2)46-29-13-11-22-37(46)44-32-45-38-23-12-14-30-47(38)54(3,4)52(45)49(51(44)53)35-20-15-19-34(31-35)48-40-24-7-9-26-42(40)50(43-27-10-8-25-41(43)48)39-28-16-18-33-17-5-6-21-36(33)39/h5-32H,1-4H3. The molecule has 9 aromatic carbocycles. The van der Waals surface area contributed by atoms with E-state index in [1.807, 2.05) is 0 Å². The van der Waals surface area contributed by atoms with Crippen molar-refractivity contribution < 1.29 is 0 Å². The predicted octanol–water partition coefficient (Wildman–Crippen LogP) is 14.8. The molecule has 0 unspecified atom stereocenters. The lowest BCUT2D eigenvalue weighted by Crippen LogP contribution is -2.21. The zero-order chi connectivity index (χ0) is 36.3. The molecule has 0 heteroatoms. The van der Waals surface area contributed by atoms with E-state index in [0.717, 1.165) is 0 Å². The zero-order valence-electron chi connectivity index (χ0n) is 31.2. The molecular formula is C54H40. The maximum atomic E-state index is 2.52. The minimum atomic E-state index is -0.156. The van der Waals surface area contributed by atoms with Gasteiger partial charge < -0.3 is 0 Å². The number of hydrogen-bond donors (Lipinski definition) is 0. The Bertz CT molecular complexity index is 2900. The lowest BCUT2D eigenvalue weighted by Gasteiger charge is -2.31. The predicted molar refractivity (Wildman–Crippen MR) is 230 cm³/mol. The summed E-state index contributed by atoms with van der Waals surface area (Å²) >= 11 is 0. The van der Waals surface area contributed by atoms with Gasteiger partial charge in [0.25, 0.3) is 0 Å². The third-order valence-corrected chi connectivity index (χ3v) is 12.8. The van der Waals surface area contributed by atoms with E-state index in [9.17, 15) is 0 Å². The SMILES string of the molecule is CC1(C)c2ccccc2-c2cc3c(c(-c4cccc(-c5c6ccccc6c(-c6cccc7ccccc67)c6ccccc56)c4)c21)C(C)(C)c1ccccc1-3. The summed E-state index contributed by atoms with van der Waals surface area (Å²) in [5, 5.41) is 7.66. The Morgan fingerprint density at radius 1 is 0.296 bits per heavy atom. The van der Waals surface area contributed by atoms with Gasteiger partial charge in [0.15, 0.2) is 0 Å². The minimum absolute atomic E-state index is 0.156. The average Bonchev–Trinajstić information content (AvgIpc) is 3.58. The molecule has 0 aromatic heterocycles. The van der Waals surface area contributed by atoms with Gasteiger partial charge in [0.1, 0.15) is 0 Å². The second-order valence-corrected chi connectivity index (χ2v) is 16.4. The Morgan fingerprint density at radius 2 is 0.704 bits per heavy atom. The van der Waals surface area contributed by atoms with E-state index >= 15 is 0 Å². The summed E-state index contributed by atoms with van der Waals surface area (Å²) in [5.41, 5.74) is 18.7. The summed E-state index contributed by atoms with van der Waals surface area (Å²) in [4.78, 5) is 0. The second kappa shape index (κ2) is 11.1. The Balaban J connectivity index is 1.23. The first-order valence-electron chi connectivity index (χ1n) is 19.3. The van der Waals surface area contributed by atoms with Crippen LogP contribution in [-0.2, 0) is 10.8 Å². The van der Waals surface area contributed by atoms with E-state index in [-0.39, 0.29) is 10.8 Å². The van der Waals surface area contributed by atoms with E-state index in [1.54, 1.807) is 0 Å². The van der Waals surface area contributed by atoms with Gasteiger partial charge in [-0.1, -0.05) is 185 Å². The first kappa shape index (κ1) is 31.3. The van der Waals surface area contributed by atoms with Crippen molar-refractivity contribution in [3.8, 4) is 55.6 Å². The normalized spacial score (nSPS) is 14.6. The average molecular weight is 689 g/mol. The van der Waals surface area contributed by atoms with Crippen LogP contribution in [0, 0.1) is 0 Å². The Hall–Kier alpha value is -6.24. The molecule has 0 atom stereocenters. The van der Waals surface area contributed by atoms with Crippen molar-refractivity contribution in [1.82, 2.24) is 0 Å². The third kappa shape index (κ3) is 4.14. The highest BCUT2D eigenvalue weighted by atomic mass is 14.5. The van der Waals surface area contributed by atoms with Crippen LogP contribution in [0.3, 0.4) is 0 Å². The van der Waals surface area contributed by atoms with Gasteiger partial charge in [-0.2, -0.15) is 0 Å². The van der Waals surface area contributed by atoms with Crippen LogP contribution in [-0.4, -0.2) is 0 Å². The molecular weight excluding hydrogens is 649 g/mol. The van der Waals surface area contributed by atoms with Crippen molar-refractivity contribution in [3.05, 3.63) is 192 Å². The lowest BCUT2D eigenvalue weighted by atomic mass is 9.72. The Labute approximate surface area is 317 Å². The van der Waals surface area contributed by atoms with Crippen LogP contribution < -0.4 is 0 Å². The van der Waals surface area contributed by atoms with E-state index < -0.39 is 0 Å². The van der Waals surface area contributed by atoms with Gasteiger partial charge >= 0.3 is 0 Å². The fourth-order valence-electron chi connectivity index (χ4n) is 10.5.